The number of nitrogens with two attached hydrogens (primary N) is 1. The van der Waals surface area contributed by atoms with Gasteiger partial charge in [-0.3, -0.25) is 4.79 Å². The largest absolute Gasteiger partial charge is 0.452 e. The lowest BCUT2D eigenvalue weighted by molar-refractivity contribution is -0.208. The van der Waals surface area contributed by atoms with Crippen LogP contribution < -0.4 is 11.1 Å². The third-order valence-electron chi connectivity index (χ3n) is 4.88. The molecule has 0 bridgehead atoms. The topological polar surface area (TPSA) is 98.8 Å². The van der Waals surface area contributed by atoms with Crippen LogP contribution in [0.4, 0.5) is 27.6 Å². The Bertz CT molecular complexity index is 1110. The Morgan fingerprint density at radius 2 is 2.06 bits per heavy atom. The van der Waals surface area contributed by atoms with Crippen molar-refractivity contribution in [3.63, 3.8) is 0 Å². The number of amides is 1. The summed E-state index contributed by atoms with van der Waals surface area (Å²) in [6.45, 7) is 1.15. The van der Waals surface area contributed by atoms with E-state index in [-0.39, 0.29) is 23.0 Å². The normalized spacial score (nSPS) is 20.7. The number of hydrogen-bond donors (Lipinski definition) is 2. The number of methoxy groups -OCH3 is 1. The molecule has 178 valence electrons. The summed E-state index contributed by atoms with van der Waals surface area (Å²) in [6, 6.07) is 2.29. The van der Waals surface area contributed by atoms with E-state index in [1.807, 2.05) is 0 Å². The maximum Gasteiger partial charge on any atom is 0.425 e. The minimum absolute atomic E-state index is 0.00969. The van der Waals surface area contributed by atoms with E-state index >= 15 is 0 Å². The van der Waals surface area contributed by atoms with Gasteiger partial charge in [-0.05, 0) is 19.1 Å². The first-order valence-corrected chi connectivity index (χ1v) is 9.75. The third kappa shape index (κ3) is 5.33. The number of aromatic nitrogens is 1. The highest BCUT2D eigenvalue weighted by molar-refractivity contribution is 6.30. The van der Waals surface area contributed by atoms with E-state index in [0.717, 1.165) is 13.0 Å². The van der Waals surface area contributed by atoms with Crippen molar-refractivity contribution in [3.05, 3.63) is 57.9 Å². The molecule has 0 aliphatic carbocycles. The summed E-state index contributed by atoms with van der Waals surface area (Å²) in [7, 11) is 1.39. The van der Waals surface area contributed by atoms with Crippen LogP contribution >= 0.6 is 11.6 Å². The monoisotopic (exact) mass is 492 g/mol. The summed E-state index contributed by atoms with van der Waals surface area (Å²) < 4.78 is 78.3. The molecule has 3 rings (SSSR count). The number of nitrogens with one attached hydrogen (secondary N) is 1. The number of rotatable bonds is 5. The van der Waals surface area contributed by atoms with Gasteiger partial charge in [0.05, 0.1) is 17.2 Å². The van der Waals surface area contributed by atoms with E-state index in [1.165, 1.54) is 19.4 Å². The molecule has 1 aromatic heterocycles. The maximum absolute atomic E-state index is 14.7. The Balaban J connectivity index is 1.99. The number of anilines is 1. The predicted octanol–water partition coefficient (Wildman–Crippen LogP) is 4.29. The first kappa shape index (κ1) is 24.6. The van der Waals surface area contributed by atoms with Crippen LogP contribution in [-0.2, 0) is 21.6 Å². The van der Waals surface area contributed by atoms with Gasteiger partial charge in [-0.1, -0.05) is 11.6 Å². The van der Waals surface area contributed by atoms with Gasteiger partial charge >= 0.3 is 6.18 Å². The summed E-state index contributed by atoms with van der Waals surface area (Å²) in [6.07, 6.45) is -6.84. The number of hydrogen-bond acceptors (Lipinski definition) is 6. The summed E-state index contributed by atoms with van der Waals surface area (Å²) in [5, 5.41) is 2.60. The van der Waals surface area contributed by atoms with Crippen LogP contribution in [0.3, 0.4) is 0 Å². The van der Waals surface area contributed by atoms with Gasteiger partial charge in [-0.15, -0.1) is 0 Å². The molecule has 0 spiro atoms. The molecule has 0 saturated heterocycles. The quantitative estimate of drug-likeness (QED) is 0.607. The molecule has 1 amide bonds. The Labute approximate surface area is 189 Å². The van der Waals surface area contributed by atoms with Crippen molar-refractivity contribution in [3.8, 4) is 0 Å². The van der Waals surface area contributed by atoms with Crippen molar-refractivity contribution in [2.45, 2.75) is 37.8 Å². The van der Waals surface area contributed by atoms with Gasteiger partial charge in [-0.2, -0.15) is 13.2 Å². The summed E-state index contributed by atoms with van der Waals surface area (Å²) in [4.78, 5) is 20.4. The van der Waals surface area contributed by atoms with Gasteiger partial charge in [0.15, 0.2) is 17.7 Å². The zero-order chi connectivity index (χ0) is 24.6. The van der Waals surface area contributed by atoms with Crippen LogP contribution in [0.2, 0.25) is 5.02 Å². The number of ether oxygens (including phenoxy) is 2. The minimum Gasteiger partial charge on any atom is -0.452 e. The molecule has 0 fully saturated rings. The highest BCUT2D eigenvalue weighted by Gasteiger charge is 2.50. The lowest BCUT2D eigenvalue weighted by Crippen LogP contribution is -2.46. The minimum atomic E-state index is -4.82. The molecular formula is C20H18ClF5N4O3. The molecule has 1 aliphatic rings. The zero-order valence-corrected chi connectivity index (χ0v) is 18.0. The van der Waals surface area contributed by atoms with Crippen molar-refractivity contribution < 1.29 is 36.2 Å². The van der Waals surface area contributed by atoms with Gasteiger partial charge in [0.1, 0.15) is 5.69 Å². The Kier molecular flexibility index (Phi) is 6.80. The van der Waals surface area contributed by atoms with E-state index in [1.54, 1.807) is 0 Å². The van der Waals surface area contributed by atoms with E-state index in [0.29, 0.717) is 11.6 Å². The van der Waals surface area contributed by atoms with Crippen molar-refractivity contribution >= 4 is 29.2 Å². The number of halogens is 6. The highest BCUT2D eigenvalue weighted by atomic mass is 35.5. The SMILES string of the molecule is COCc1cc(Cl)cnc1C(=O)Nc1cc(F)c(F)c([C@]2(C)C[C@@H](C(F)(F)F)OC(N)=N2)c1. The molecule has 0 saturated carbocycles. The fourth-order valence-electron chi connectivity index (χ4n) is 3.41. The number of benzene rings is 1. The number of aliphatic imine (C=N–C) groups is 1. The first-order valence-electron chi connectivity index (χ1n) is 9.37. The standard InChI is InChI=1S/C20H18ClF5N4O3/c1-19(6-14(20(24,25)26)33-18(27)30-19)12-4-11(5-13(22)15(12)23)29-17(31)16-9(8-32-2)3-10(21)7-28-16/h3-5,7,14H,6,8H2,1-2H3,(H2,27,30)(H,29,31)/t14-,19-/m0/s1. The fourth-order valence-corrected chi connectivity index (χ4v) is 3.59. The van der Waals surface area contributed by atoms with Crippen molar-refractivity contribution in [1.82, 2.24) is 4.98 Å². The second kappa shape index (κ2) is 9.10. The number of alkyl halides is 3. The molecule has 7 nitrogen and oxygen atoms in total. The lowest BCUT2D eigenvalue weighted by atomic mass is 9.85. The number of amidine groups is 1. The molecular weight excluding hydrogens is 475 g/mol. The molecule has 2 aromatic rings. The Morgan fingerprint density at radius 3 is 2.70 bits per heavy atom. The van der Waals surface area contributed by atoms with Gasteiger partial charge < -0.3 is 20.5 Å². The van der Waals surface area contributed by atoms with Gasteiger partial charge in [0, 0.05) is 42.6 Å². The van der Waals surface area contributed by atoms with E-state index in [9.17, 15) is 26.7 Å². The maximum atomic E-state index is 14.7. The van der Waals surface area contributed by atoms with Crippen LogP contribution in [0.15, 0.2) is 29.4 Å². The van der Waals surface area contributed by atoms with Crippen molar-refractivity contribution in [1.29, 1.82) is 0 Å². The lowest BCUT2D eigenvalue weighted by Gasteiger charge is -2.36. The van der Waals surface area contributed by atoms with Crippen molar-refractivity contribution in [2.24, 2.45) is 10.7 Å². The molecule has 3 N–H and O–H groups in total. The number of carbonyl (C=O) groups is 1. The molecule has 0 unspecified atom stereocenters. The van der Waals surface area contributed by atoms with Crippen LogP contribution in [-0.4, -0.2) is 36.3 Å². The van der Waals surface area contributed by atoms with E-state index in [2.05, 4.69) is 20.0 Å². The van der Waals surface area contributed by atoms with Gasteiger partial charge in [-0.25, -0.2) is 18.8 Å². The van der Waals surface area contributed by atoms with E-state index in [4.69, 9.17) is 22.1 Å². The van der Waals surface area contributed by atoms with Crippen molar-refractivity contribution in [2.75, 3.05) is 12.4 Å². The Hall–Kier alpha value is -2.99. The summed E-state index contributed by atoms with van der Waals surface area (Å²) >= 11 is 5.88. The molecule has 1 aromatic carbocycles. The smallest absolute Gasteiger partial charge is 0.425 e. The van der Waals surface area contributed by atoms with Gasteiger partial charge in [0.2, 0.25) is 0 Å². The number of pyridine rings is 1. The first-order chi connectivity index (χ1) is 15.3. The second-order valence-electron chi connectivity index (χ2n) is 7.44. The molecule has 13 heteroatoms. The molecule has 2 heterocycles. The average Bonchev–Trinajstić information content (AvgIpc) is 2.69. The van der Waals surface area contributed by atoms with Gasteiger partial charge in [0.25, 0.3) is 11.9 Å². The third-order valence-corrected chi connectivity index (χ3v) is 5.09. The van der Waals surface area contributed by atoms with Crippen LogP contribution in [0, 0.1) is 11.6 Å². The molecule has 0 radical (unpaired) electrons. The van der Waals surface area contributed by atoms with Crippen LogP contribution in [0.5, 0.6) is 0 Å². The number of nitrogens with zero attached hydrogens (tertiary/aromatic N) is 2. The number of carbonyl (C=O) groups excluding carboxylic acids is 1. The Morgan fingerprint density at radius 1 is 1.36 bits per heavy atom. The molecule has 33 heavy (non-hydrogen) atoms. The molecule has 1 aliphatic heterocycles. The molecule has 2 atom stereocenters. The summed E-state index contributed by atoms with van der Waals surface area (Å²) in [5.74, 6) is -3.64. The predicted molar refractivity (Wildman–Crippen MR) is 109 cm³/mol. The second-order valence-corrected chi connectivity index (χ2v) is 7.88. The fraction of sp³-hybridized carbons (Fsp3) is 0.350. The van der Waals surface area contributed by atoms with E-state index < -0.39 is 53.4 Å². The average molecular weight is 493 g/mol. The summed E-state index contributed by atoms with van der Waals surface area (Å²) in [5.41, 5.74) is 2.92. The van der Waals surface area contributed by atoms with Crippen LogP contribution in [0.1, 0.15) is 35.0 Å². The zero-order valence-electron chi connectivity index (χ0n) is 17.3. The highest BCUT2D eigenvalue weighted by Crippen LogP contribution is 2.41. The van der Waals surface area contributed by atoms with Crippen LogP contribution in [0.25, 0.3) is 0 Å².